The van der Waals surface area contributed by atoms with Crippen LogP contribution in [-0.4, -0.2) is 0 Å². The van der Waals surface area contributed by atoms with Gasteiger partial charge in [0.15, 0.2) is 0 Å². The van der Waals surface area contributed by atoms with Crippen LogP contribution in [0.1, 0.15) is 23.8 Å². The number of thiophene rings is 1. The summed E-state index contributed by atoms with van der Waals surface area (Å²) in [7, 11) is 0. The molecule has 1 aromatic carbocycles. The maximum absolute atomic E-state index is 13.9. The molecule has 18 heavy (non-hydrogen) atoms. The van der Waals surface area contributed by atoms with Crippen LogP contribution in [0.15, 0.2) is 40.2 Å². The number of rotatable bonds is 4. The summed E-state index contributed by atoms with van der Waals surface area (Å²) in [6.45, 7) is 2.00. The fourth-order valence-corrected chi connectivity index (χ4v) is 3.61. The lowest BCUT2D eigenvalue weighted by Crippen LogP contribution is -2.39. The van der Waals surface area contributed by atoms with Gasteiger partial charge in [0.05, 0.1) is 0 Å². The molecule has 0 spiro atoms. The van der Waals surface area contributed by atoms with E-state index in [2.05, 4.69) is 15.9 Å². The van der Waals surface area contributed by atoms with Gasteiger partial charge in [0, 0.05) is 32.3 Å². The van der Waals surface area contributed by atoms with Crippen LogP contribution < -0.4 is 5.73 Å². The summed E-state index contributed by atoms with van der Waals surface area (Å²) in [5, 5.41) is 2.02. The van der Waals surface area contributed by atoms with Crippen LogP contribution in [0.25, 0.3) is 0 Å². The van der Waals surface area contributed by atoms with Crippen molar-refractivity contribution in [2.75, 3.05) is 0 Å². The van der Waals surface area contributed by atoms with E-state index in [-0.39, 0.29) is 5.82 Å². The predicted octanol–water partition coefficient (Wildman–Crippen LogP) is 4.46. The summed E-state index contributed by atoms with van der Waals surface area (Å²) in [6.07, 6.45) is 1.35. The highest BCUT2D eigenvalue weighted by atomic mass is 79.9. The third-order valence-electron chi connectivity index (χ3n) is 3.15. The van der Waals surface area contributed by atoms with E-state index >= 15 is 0 Å². The van der Waals surface area contributed by atoms with E-state index in [4.69, 9.17) is 5.73 Å². The van der Waals surface area contributed by atoms with Crippen molar-refractivity contribution in [2.24, 2.45) is 5.73 Å². The molecule has 0 aliphatic carbocycles. The molecule has 2 rings (SSSR count). The highest BCUT2D eigenvalue weighted by Crippen LogP contribution is 2.31. The second-order valence-corrected chi connectivity index (χ2v) is 6.31. The van der Waals surface area contributed by atoms with Gasteiger partial charge in [-0.3, -0.25) is 0 Å². The molecular formula is C14H15BrFNS. The van der Waals surface area contributed by atoms with Gasteiger partial charge in [0.25, 0.3) is 0 Å². The van der Waals surface area contributed by atoms with Gasteiger partial charge in [0.2, 0.25) is 0 Å². The number of hydrogen-bond acceptors (Lipinski definition) is 2. The minimum absolute atomic E-state index is 0.225. The third-order valence-corrected chi connectivity index (χ3v) is 4.85. The number of nitrogens with two attached hydrogens (primary N) is 1. The van der Waals surface area contributed by atoms with Crippen molar-refractivity contribution in [3.8, 4) is 0 Å². The van der Waals surface area contributed by atoms with Crippen molar-refractivity contribution in [1.82, 2.24) is 0 Å². The highest BCUT2D eigenvalue weighted by molar-refractivity contribution is 9.10. The van der Waals surface area contributed by atoms with E-state index in [9.17, 15) is 4.39 Å². The zero-order valence-corrected chi connectivity index (χ0v) is 12.5. The number of hydrogen-bond donors (Lipinski definition) is 1. The monoisotopic (exact) mass is 327 g/mol. The first-order chi connectivity index (χ1) is 8.55. The topological polar surface area (TPSA) is 26.0 Å². The van der Waals surface area contributed by atoms with Crippen molar-refractivity contribution in [2.45, 2.75) is 25.3 Å². The molecule has 0 saturated carbocycles. The quantitative estimate of drug-likeness (QED) is 0.881. The maximum atomic E-state index is 13.9. The van der Waals surface area contributed by atoms with Gasteiger partial charge in [-0.05, 0) is 34.5 Å². The second kappa shape index (κ2) is 5.51. The van der Waals surface area contributed by atoms with Crippen molar-refractivity contribution < 1.29 is 4.39 Å². The Balaban J connectivity index is 2.33. The molecule has 1 heterocycles. The molecule has 0 bridgehead atoms. The minimum atomic E-state index is -0.643. The average molecular weight is 328 g/mol. The summed E-state index contributed by atoms with van der Waals surface area (Å²) < 4.78 is 14.9. The van der Waals surface area contributed by atoms with E-state index in [1.54, 1.807) is 23.5 Å². The van der Waals surface area contributed by atoms with E-state index in [1.165, 1.54) is 6.07 Å². The first-order valence-corrected chi connectivity index (χ1v) is 7.49. The number of benzene rings is 1. The molecule has 1 atom stereocenters. The lowest BCUT2D eigenvalue weighted by atomic mass is 9.84. The van der Waals surface area contributed by atoms with Gasteiger partial charge in [-0.15, -0.1) is 11.3 Å². The first kappa shape index (κ1) is 13.7. The lowest BCUT2D eigenvalue weighted by molar-refractivity contribution is 0.405. The summed E-state index contributed by atoms with van der Waals surface area (Å²) in [5.74, 6) is -0.225. The maximum Gasteiger partial charge on any atom is 0.128 e. The van der Waals surface area contributed by atoms with Gasteiger partial charge in [-0.1, -0.05) is 25.1 Å². The van der Waals surface area contributed by atoms with Crippen LogP contribution in [0.3, 0.4) is 0 Å². The summed E-state index contributed by atoms with van der Waals surface area (Å²) >= 11 is 5.07. The van der Waals surface area contributed by atoms with Crippen molar-refractivity contribution in [3.05, 3.63) is 56.4 Å². The third kappa shape index (κ3) is 2.82. The molecule has 2 aromatic rings. The Labute approximate surface area is 119 Å². The number of halogens is 2. The van der Waals surface area contributed by atoms with Gasteiger partial charge < -0.3 is 5.73 Å². The van der Waals surface area contributed by atoms with E-state index in [0.29, 0.717) is 18.4 Å². The summed E-state index contributed by atoms with van der Waals surface area (Å²) in [4.78, 5) is 1.16. The minimum Gasteiger partial charge on any atom is -0.321 e. The zero-order chi connectivity index (χ0) is 13.2. The Hall–Kier alpha value is -0.710. The first-order valence-electron chi connectivity index (χ1n) is 5.82. The summed E-state index contributed by atoms with van der Waals surface area (Å²) in [6, 6.07) is 8.82. The molecule has 2 N–H and O–H groups in total. The van der Waals surface area contributed by atoms with Crippen LogP contribution in [0.2, 0.25) is 0 Å². The van der Waals surface area contributed by atoms with Gasteiger partial charge in [-0.25, -0.2) is 4.39 Å². The molecule has 0 aliphatic rings. The van der Waals surface area contributed by atoms with E-state index < -0.39 is 5.54 Å². The smallest absolute Gasteiger partial charge is 0.128 e. The summed E-state index contributed by atoms with van der Waals surface area (Å²) in [5.41, 5.74) is 6.36. The molecule has 96 valence electrons. The molecule has 0 radical (unpaired) electrons. The van der Waals surface area contributed by atoms with Crippen molar-refractivity contribution in [1.29, 1.82) is 0 Å². The molecule has 0 aliphatic heterocycles. The van der Waals surface area contributed by atoms with Gasteiger partial charge in [-0.2, -0.15) is 0 Å². The Morgan fingerprint density at radius 2 is 2.11 bits per heavy atom. The molecule has 1 aromatic heterocycles. The van der Waals surface area contributed by atoms with Crippen LogP contribution >= 0.6 is 27.3 Å². The predicted molar refractivity (Wildman–Crippen MR) is 78.3 cm³/mol. The normalized spacial score (nSPS) is 14.4. The molecular weight excluding hydrogens is 313 g/mol. The molecule has 1 unspecified atom stereocenters. The second-order valence-electron chi connectivity index (χ2n) is 4.40. The largest absolute Gasteiger partial charge is 0.321 e. The standard InChI is InChI=1S/C14H15BrFNS/c1-2-14(17,8-11-7-10(15)9-18-11)12-5-3-4-6-13(12)16/h3-7,9H,2,8,17H2,1H3. The molecule has 1 nitrogen and oxygen atoms in total. The average Bonchev–Trinajstić information content (AvgIpc) is 2.75. The van der Waals surface area contributed by atoms with Crippen LogP contribution in [0.4, 0.5) is 4.39 Å². The Morgan fingerprint density at radius 1 is 1.39 bits per heavy atom. The van der Waals surface area contributed by atoms with Crippen LogP contribution in [0.5, 0.6) is 0 Å². The van der Waals surface area contributed by atoms with Gasteiger partial charge >= 0.3 is 0 Å². The molecule has 4 heteroatoms. The fourth-order valence-electron chi connectivity index (χ4n) is 2.03. The van der Waals surface area contributed by atoms with Crippen LogP contribution in [-0.2, 0) is 12.0 Å². The van der Waals surface area contributed by atoms with Crippen LogP contribution in [0, 0.1) is 5.82 Å². The molecule has 0 amide bonds. The Kier molecular flexibility index (Phi) is 4.20. The zero-order valence-electron chi connectivity index (χ0n) is 10.1. The molecule has 0 saturated heterocycles. The SMILES string of the molecule is CCC(N)(Cc1cc(Br)cs1)c1ccccc1F. The highest BCUT2D eigenvalue weighted by Gasteiger charge is 2.28. The van der Waals surface area contributed by atoms with Crippen molar-refractivity contribution >= 4 is 27.3 Å². The Bertz CT molecular complexity index is 540. The lowest BCUT2D eigenvalue weighted by Gasteiger charge is -2.28. The van der Waals surface area contributed by atoms with Gasteiger partial charge in [0.1, 0.15) is 5.82 Å². The molecule has 0 fully saturated rings. The van der Waals surface area contributed by atoms with E-state index in [1.807, 2.05) is 24.4 Å². The Morgan fingerprint density at radius 3 is 2.67 bits per heavy atom. The fraction of sp³-hybridized carbons (Fsp3) is 0.286. The van der Waals surface area contributed by atoms with Crippen molar-refractivity contribution in [3.63, 3.8) is 0 Å². The van der Waals surface area contributed by atoms with E-state index in [0.717, 1.165) is 9.35 Å².